The maximum Gasteiger partial charge on any atom is 0.296 e. The molecular weight excluding hydrogens is 300 g/mol. The van der Waals surface area contributed by atoms with E-state index in [1.54, 1.807) is 0 Å². The van der Waals surface area contributed by atoms with Gasteiger partial charge in [0.25, 0.3) is 5.69 Å². The molecule has 2 rings (SSSR count). The van der Waals surface area contributed by atoms with Crippen molar-refractivity contribution in [1.82, 2.24) is 20.3 Å². The quantitative estimate of drug-likeness (QED) is 0.607. The number of rotatable bonds is 5. The van der Waals surface area contributed by atoms with E-state index in [0.717, 1.165) is 0 Å². The van der Waals surface area contributed by atoms with Crippen LogP contribution in [0.1, 0.15) is 5.69 Å². The van der Waals surface area contributed by atoms with E-state index in [-0.39, 0.29) is 35.4 Å². The zero-order valence-corrected chi connectivity index (χ0v) is 11.4. The Labute approximate surface area is 123 Å². The van der Waals surface area contributed by atoms with Gasteiger partial charge in [0.15, 0.2) is 5.69 Å². The summed E-state index contributed by atoms with van der Waals surface area (Å²) in [6.07, 6.45) is 1.45. The Kier molecular flexibility index (Phi) is 4.45. The monoisotopic (exact) mass is 310 g/mol. The first-order chi connectivity index (χ1) is 10.0. The van der Waals surface area contributed by atoms with Gasteiger partial charge in [-0.2, -0.15) is 0 Å². The van der Waals surface area contributed by atoms with Gasteiger partial charge in [-0.1, -0.05) is 22.9 Å². The summed E-state index contributed by atoms with van der Waals surface area (Å²) >= 11 is 5.99. The molecule has 0 fully saturated rings. The van der Waals surface area contributed by atoms with Crippen LogP contribution in [0.4, 0.5) is 5.69 Å². The standard InChI is InChI=1S/C11H11ClN6O3/c12-8-2-1-3-9(18(20)21)11(8)17-6-7(15-16-17)5-14-10(19)4-13/h1-3,6H,4-5,13H2,(H,14,19). The molecule has 0 unspecified atom stereocenters. The fourth-order valence-electron chi connectivity index (χ4n) is 1.63. The van der Waals surface area contributed by atoms with Gasteiger partial charge in [0, 0.05) is 6.07 Å². The maximum atomic E-state index is 11.1. The molecule has 1 heterocycles. The highest BCUT2D eigenvalue weighted by atomic mass is 35.5. The lowest BCUT2D eigenvalue weighted by atomic mass is 10.2. The molecule has 0 saturated heterocycles. The smallest absolute Gasteiger partial charge is 0.296 e. The molecule has 1 aromatic heterocycles. The second-order valence-electron chi connectivity index (χ2n) is 4.00. The minimum absolute atomic E-state index is 0.119. The first kappa shape index (κ1) is 14.9. The number of nitrogens with one attached hydrogen (secondary N) is 1. The first-order valence-electron chi connectivity index (χ1n) is 5.84. The van der Waals surface area contributed by atoms with E-state index in [2.05, 4.69) is 15.6 Å². The van der Waals surface area contributed by atoms with Gasteiger partial charge in [0.05, 0.1) is 29.2 Å². The molecule has 0 spiro atoms. The molecule has 1 amide bonds. The van der Waals surface area contributed by atoms with Crippen LogP contribution in [0.2, 0.25) is 5.02 Å². The van der Waals surface area contributed by atoms with Gasteiger partial charge in [0.1, 0.15) is 5.69 Å². The van der Waals surface area contributed by atoms with Crippen LogP contribution in [0.15, 0.2) is 24.4 Å². The highest BCUT2D eigenvalue weighted by molar-refractivity contribution is 6.32. The number of nitrogens with two attached hydrogens (primary N) is 1. The predicted molar refractivity (Wildman–Crippen MR) is 73.9 cm³/mol. The fourth-order valence-corrected chi connectivity index (χ4v) is 1.88. The van der Waals surface area contributed by atoms with Gasteiger partial charge in [-0.15, -0.1) is 5.10 Å². The van der Waals surface area contributed by atoms with Crippen molar-refractivity contribution in [1.29, 1.82) is 0 Å². The molecule has 0 radical (unpaired) electrons. The summed E-state index contributed by atoms with van der Waals surface area (Å²) in [5.41, 5.74) is 5.51. The van der Waals surface area contributed by atoms with E-state index < -0.39 is 4.92 Å². The molecule has 9 nitrogen and oxygen atoms in total. The van der Waals surface area contributed by atoms with Crippen LogP contribution in [0, 0.1) is 10.1 Å². The van der Waals surface area contributed by atoms with E-state index in [4.69, 9.17) is 17.3 Å². The van der Waals surface area contributed by atoms with Gasteiger partial charge in [-0.05, 0) is 6.07 Å². The number of para-hydroxylation sites is 1. The van der Waals surface area contributed by atoms with Crippen LogP contribution < -0.4 is 11.1 Å². The summed E-state index contributed by atoms with van der Waals surface area (Å²) < 4.78 is 1.20. The zero-order valence-electron chi connectivity index (χ0n) is 10.7. The van der Waals surface area contributed by atoms with E-state index in [1.165, 1.54) is 29.1 Å². The number of nitro groups is 1. The lowest BCUT2D eigenvalue weighted by Gasteiger charge is -2.03. The Morgan fingerprint density at radius 2 is 2.29 bits per heavy atom. The topological polar surface area (TPSA) is 129 Å². The number of nitrogens with zero attached hydrogens (tertiary/aromatic N) is 4. The van der Waals surface area contributed by atoms with Crippen LogP contribution in [0.3, 0.4) is 0 Å². The molecule has 10 heteroatoms. The number of amides is 1. The number of carbonyl (C=O) groups excluding carboxylic acids is 1. The second kappa shape index (κ2) is 6.29. The number of aromatic nitrogens is 3. The molecule has 110 valence electrons. The minimum Gasteiger partial charge on any atom is -0.349 e. The van der Waals surface area contributed by atoms with Crippen molar-refractivity contribution in [3.63, 3.8) is 0 Å². The number of carbonyl (C=O) groups is 1. The molecule has 0 aliphatic heterocycles. The van der Waals surface area contributed by atoms with E-state index >= 15 is 0 Å². The summed E-state index contributed by atoms with van der Waals surface area (Å²) in [5.74, 6) is -0.340. The number of benzene rings is 1. The Balaban J connectivity index is 2.30. The van der Waals surface area contributed by atoms with Crippen molar-refractivity contribution >= 4 is 23.2 Å². The highest BCUT2D eigenvalue weighted by Crippen LogP contribution is 2.29. The molecule has 0 bridgehead atoms. The van der Waals surface area contributed by atoms with Crippen LogP contribution in [-0.4, -0.2) is 32.4 Å². The Morgan fingerprint density at radius 1 is 1.52 bits per heavy atom. The fraction of sp³-hybridized carbons (Fsp3) is 0.182. The van der Waals surface area contributed by atoms with Crippen molar-refractivity contribution in [3.8, 4) is 5.69 Å². The van der Waals surface area contributed by atoms with E-state index in [9.17, 15) is 14.9 Å². The minimum atomic E-state index is -0.557. The van der Waals surface area contributed by atoms with Crippen molar-refractivity contribution in [2.45, 2.75) is 6.54 Å². The van der Waals surface area contributed by atoms with Crippen molar-refractivity contribution in [3.05, 3.63) is 45.2 Å². The molecule has 0 atom stereocenters. The van der Waals surface area contributed by atoms with Crippen LogP contribution in [0.5, 0.6) is 0 Å². The lowest BCUT2D eigenvalue weighted by molar-refractivity contribution is -0.384. The molecule has 21 heavy (non-hydrogen) atoms. The third kappa shape index (κ3) is 3.33. The summed E-state index contributed by atoms with van der Waals surface area (Å²) in [5, 5.41) is 21.3. The third-order valence-electron chi connectivity index (χ3n) is 2.58. The molecule has 0 saturated carbocycles. The number of halogens is 1. The molecular formula is C11H11ClN6O3. The van der Waals surface area contributed by atoms with E-state index in [0.29, 0.717) is 5.69 Å². The molecule has 1 aromatic carbocycles. The lowest BCUT2D eigenvalue weighted by Crippen LogP contribution is -2.29. The summed E-state index contributed by atoms with van der Waals surface area (Å²) in [6.45, 7) is -0.0155. The number of hydrogen-bond donors (Lipinski definition) is 2. The Morgan fingerprint density at radius 3 is 2.95 bits per heavy atom. The molecule has 0 aliphatic carbocycles. The Hall–Kier alpha value is -2.52. The Bertz CT molecular complexity index is 686. The van der Waals surface area contributed by atoms with Crippen molar-refractivity contribution in [2.75, 3.05) is 6.54 Å². The number of nitro benzene ring substituents is 1. The highest BCUT2D eigenvalue weighted by Gasteiger charge is 2.19. The average molecular weight is 311 g/mol. The normalized spacial score (nSPS) is 10.4. The van der Waals surface area contributed by atoms with Crippen LogP contribution >= 0.6 is 11.6 Å². The largest absolute Gasteiger partial charge is 0.349 e. The zero-order chi connectivity index (χ0) is 15.4. The van der Waals surface area contributed by atoms with Gasteiger partial charge < -0.3 is 11.1 Å². The number of hydrogen-bond acceptors (Lipinski definition) is 6. The summed E-state index contributed by atoms with van der Waals surface area (Å²) in [6, 6.07) is 4.31. The van der Waals surface area contributed by atoms with Gasteiger partial charge in [0.2, 0.25) is 5.91 Å². The van der Waals surface area contributed by atoms with Crippen LogP contribution in [-0.2, 0) is 11.3 Å². The SMILES string of the molecule is NCC(=O)NCc1cn(-c2c(Cl)cccc2[N+](=O)[O-])nn1. The summed E-state index contributed by atoms with van der Waals surface area (Å²) in [4.78, 5) is 21.5. The first-order valence-corrected chi connectivity index (χ1v) is 6.22. The molecule has 2 aromatic rings. The predicted octanol–water partition coefficient (Wildman–Crippen LogP) is 0.404. The van der Waals surface area contributed by atoms with Crippen LogP contribution in [0.25, 0.3) is 5.69 Å². The third-order valence-corrected chi connectivity index (χ3v) is 2.89. The average Bonchev–Trinajstić information content (AvgIpc) is 2.92. The molecule has 3 N–H and O–H groups in total. The molecule has 0 aliphatic rings. The van der Waals surface area contributed by atoms with Crippen molar-refractivity contribution < 1.29 is 9.72 Å². The van der Waals surface area contributed by atoms with Gasteiger partial charge >= 0.3 is 0 Å². The maximum absolute atomic E-state index is 11.1. The second-order valence-corrected chi connectivity index (χ2v) is 4.41. The van der Waals surface area contributed by atoms with Crippen molar-refractivity contribution in [2.24, 2.45) is 5.73 Å². The van der Waals surface area contributed by atoms with Gasteiger partial charge in [-0.3, -0.25) is 14.9 Å². The summed E-state index contributed by atoms with van der Waals surface area (Å²) in [7, 11) is 0. The van der Waals surface area contributed by atoms with Gasteiger partial charge in [-0.25, -0.2) is 4.68 Å². The van der Waals surface area contributed by atoms with E-state index in [1.807, 2.05) is 0 Å².